The summed E-state index contributed by atoms with van der Waals surface area (Å²) < 4.78 is 0. The number of hydrogen-bond donors (Lipinski definition) is 1. The van der Waals surface area contributed by atoms with Gasteiger partial charge >= 0.3 is 0 Å². The second kappa shape index (κ2) is 5.91. The van der Waals surface area contributed by atoms with Crippen LogP contribution in [0.5, 0.6) is 0 Å². The van der Waals surface area contributed by atoms with E-state index in [1.165, 1.54) is 6.92 Å². The summed E-state index contributed by atoms with van der Waals surface area (Å²) in [5.41, 5.74) is 3.47. The maximum Gasteiger partial charge on any atom is 0.221 e. The quantitative estimate of drug-likeness (QED) is 0.811. The molecule has 2 aromatic rings. The molecule has 0 saturated carbocycles. The Balaban J connectivity index is 2.09. The predicted molar refractivity (Wildman–Crippen MR) is 76.1 cm³/mol. The van der Waals surface area contributed by atoms with Gasteiger partial charge in [-0.05, 0) is 48.9 Å². The molecule has 1 amide bonds. The zero-order chi connectivity index (χ0) is 13.7. The van der Waals surface area contributed by atoms with E-state index in [9.17, 15) is 4.79 Å². The Morgan fingerprint density at radius 3 is 2.32 bits per heavy atom. The number of hydrogen-bond acceptors (Lipinski definition) is 3. The van der Waals surface area contributed by atoms with Gasteiger partial charge in [-0.15, -0.1) is 0 Å². The highest BCUT2D eigenvalue weighted by molar-refractivity contribution is 5.88. The van der Waals surface area contributed by atoms with Gasteiger partial charge < -0.3 is 5.32 Å². The summed E-state index contributed by atoms with van der Waals surface area (Å²) >= 11 is 0. The Kier molecular flexibility index (Phi) is 4.03. The molecule has 96 valence electrons. The monoisotopic (exact) mass is 253 g/mol. The van der Waals surface area contributed by atoms with Crippen molar-refractivity contribution < 1.29 is 4.79 Å². The van der Waals surface area contributed by atoms with Crippen LogP contribution in [0.25, 0.3) is 0 Å². The number of rotatable bonds is 3. The number of carbonyl (C=O) groups excluding carboxylic acids is 1. The summed E-state index contributed by atoms with van der Waals surface area (Å²) in [4.78, 5) is 10.9. The van der Waals surface area contributed by atoms with Crippen LogP contribution in [-0.4, -0.2) is 5.91 Å². The zero-order valence-electron chi connectivity index (χ0n) is 10.9. The molecule has 0 aliphatic heterocycles. The lowest BCUT2D eigenvalue weighted by molar-refractivity contribution is -0.114. The summed E-state index contributed by atoms with van der Waals surface area (Å²) in [6.07, 6.45) is 0. The molecule has 0 aliphatic rings. The summed E-state index contributed by atoms with van der Waals surface area (Å²) in [5.74, 6) is -0.0888. The lowest BCUT2D eigenvalue weighted by Gasteiger charge is -2.01. The van der Waals surface area contributed by atoms with Crippen LogP contribution >= 0.6 is 0 Å². The van der Waals surface area contributed by atoms with E-state index < -0.39 is 0 Å². The SMILES string of the molecule is CC(=O)Nc1ccc(N=Nc2cccc(C)c2)cc1. The minimum atomic E-state index is -0.0888. The smallest absolute Gasteiger partial charge is 0.221 e. The predicted octanol–water partition coefficient (Wildman–Crippen LogP) is 4.37. The first-order valence-corrected chi connectivity index (χ1v) is 5.99. The van der Waals surface area contributed by atoms with Gasteiger partial charge in [-0.2, -0.15) is 10.2 Å². The molecule has 0 saturated heterocycles. The standard InChI is InChI=1S/C15H15N3O/c1-11-4-3-5-15(10-11)18-17-14-8-6-13(7-9-14)16-12(2)19/h3-10H,1-2H3,(H,16,19). The van der Waals surface area contributed by atoms with Crippen LogP contribution in [0, 0.1) is 6.92 Å². The number of nitrogens with one attached hydrogen (secondary N) is 1. The number of azo groups is 1. The van der Waals surface area contributed by atoms with Crippen molar-refractivity contribution in [2.45, 2.75) is 13.8 Å². The van der Waals surface area contributed by atoms with Gasteiger partial charge in [0, 0.05) is 12.6 Å². The molecule has 2 rings (SSSR count). The molecule has 0 bridgehead atoms. The van der Waals surface area contributed by atoms with Gasteiger partial charge in [0.25, 0.3) is 0 Å². The molecule has 4 nitrogen and oxygen atoms in total. The van der Waals surface area contributed by atoms with Crippen LogP contribution in [-0.2, 0) is 4.79 Å². The van der Waals surface area contributed by atoms with Gasteiger partial charge in [-0.1, -0.05) is 12.1 Å². The van der Waals surface area contributed by atoms with Gasteiger partial charge in [0.1, 0.15) is 0 Å². The first kappa shape index (κ1) is 13.0. The summed E-state index contributed by atoms with van der Waals surface area (Å²) in [6.45, 7) is 3.49. The Bertz CT molecular complexity index is 603. The molecular formula is C15H15N3O. The minimum Gasteiger partial charge on any atom is -0.326 e. The molecule has 0 unspecified atom stereocenters. The average molecular weight is 253 g/mol. The number of carbonyl (C=O) groups is 1. The fourth-order valence-electron chi connectivity index (χ4n) is 1.62. The van der Waals surface area contributed by atoms with Crippen molar-refractivity contribution in [3.05, 3.63) is 54.1 Å². The molecule has 0 aliphatic carbocycles. The number of amides is 1. The van der Waals surface area contributed by atoms with Crippen LogP contribution in [0.1, 0.15) is 12.5 Å². The second-order valence-electron chi connectivity index (χ2n) is 4.27. The second-order valence-corrected chi connectivity index (χ2v) is 4.27. The highest BCUT2D eigenvalue weighted by Gasteiger charge is 1.95. The minimum absolute atomic E-state index is 0.0888. The molecule has 19 heavy (non-hydrogen) atoms. The van der Waals surface area contributed by atoms with E-state index in [1.807, 2.05) is 43.3 Å². The molecular weight excluding hydrogens is 238 g/mol. The van der Waals surface area contributed by atoms with Gasteiger partial charge in [-0.25, -0.2) is 0 Å². The summed E-state index contributed by atoms with van der Waals surface area (Å²) in [7, 11) is 0. The molecule has 0 radical (unpaired) electrons. The zero-order valence-corrected chi connectivity index (χ0v) is 10.9. The van der Waals surface area contributed by atoms with Crippen molar-refractivity contribution in [3.63, 3.8) is 0 Å². The summed E-state index contributed by atoms with van der Waals surface area (Å²) in [6, 6.07) is 15.1. The maximum absolute atomic E-state index is 10.9. The van der Waals surface area contributed by atoms with E-state index in [0.29, 0.717) is 0 Å². The van der Waals surface area contributed by atoms with E-state index in [0.717, 1.165) is 22.6 Å². The fourth-order valence-corrected chi connectivity index (χ4v) is 1.62. The van der Waals surface area contributed by atoms with E-state index in [-0.39, 0.29) is 5.91 Å². The molecule has 0 spiro atoms. The number of anilines is 1. The first-order valence-electron chi connectivity index (χ1n) is 5.99. The van der Waals surface area contributed by atoms with Crippen molar-refractivity contribution in [3.8, 4) is 0 Å². The van der Waals surface area contributed by atoms with Crippen molar-refractivity contribution in [2.75, 3.05) is 5.32 Å². The third-order valence-electron chi connectivity index (χ3n) is 2.47. The molecule has 0 fully saturated rings. The van der Waals surface area contributed by atoms with Crippen LogP contribution in [0.15, 0.2) is 58.8 Å². The topological polar surface area (TPSA) is 53.8 Å². The average Bonchev–Trinajstić information content (AvgIpc) is 2.37. The molecule has 0 atom stereocenters. The Hall–Kier alpha value is -2.49. The van der Waals surface area contributed by atoms with Crippen molar-refractivity contribution in [1.82, 2.24) is 0 Å². The highest BCUT2D eigenvalue weighted by atomic mass is 16.1. The van der Waals surface area contributed by atoms with Crippen molar-refractivity contribution >= 4 is 23.0 Å². The van der Waals surface area contributed by atoms with E-state index in [1.54, 1.807) is 12.1 Å². The third-order valence-corrected chi connectivity index (χ3v) is 2.47. The normalized spacial score (nSPS) is 10.6. The largest absolute Gasteiger partial charge is 0.326 e. The Morgan fingerprint density at radius 1 is 1.00 bits per heavy atom. The van der Waals surface area contributed by atoms with E-state index in [4.69, 9.17) is 0 Å². The van der Waals surface area contributed by atoms with Crippen molar-refractivity contribution in [2.24, 2.45) is 10.2 Å². The molecule has 0 heterocycles. The molecule has 1 N–H and O–H groups in total. The fraction of sp³-hybridized carbons (Fsp3) is 0.133. The van der Waals surface area contributed by atoms with Crippen LogP contribution in [0.2, 0.25) is 0 Å². The molecule has 0 aromatic heterocycles. The van der Waals surface area contributed by atoms with Crippen LogP contribution < -0.4 is 5.32 Å². The lowest BCUT2D eigenvalue weighted by Crippen LogP contribution is -2.04. The maximum atomic E-state index is 10.9. The van der Waals surface area contributed by atoms with Crippen LogP contribution in [0.3, 0.4) is 0 Å². The van der Waals surface area contributed by atoms with Crippen molar-refractivity contribution in [1.29, 1.82) is 0 Å². The third kappa shape index (κ3) is 4.03. The lowest BCUT2D eigenvalue weighted by atomic mass is 10.2. The first-order chi connectivity index (χ1) is 9.13. The van der Waals surface area contributed by atoms with Crippen LogP contribution in [0.4, 0.5) is 17.1 Å². The number of nitrogens with zero attached hydrogens (tertiary/aromatic N) is 2. The van der Waals surface area contributed by atoms with Gasteiger partial charge in [-0.3, -0.25) is 4.79 Å². The Labute approximate surface area is 112 Å². The Morgan fingerprint density at radius 2 is 1.68 bits per heavy atom. The summed E-state index contributed by atoms with van der Waals surface area (Å²) in [5, 5.41) is 11.0. The van der Waals surface area contributed by atoms with E-state index >= 15 is 0 Å². The number of aryl methyl sites for hydroxylation is 1. The highest BCUT2D eigenvalue weighted by Crippen LogP contribution is 2.20. The van der Waals surface area contributed by atoms with Gasteiger partial charge in [0.2, 0.25) is 5.91 Å². The number of benzene rings is 2. The molecule has 2 aromatic carbocycles. The molecule has 4 heteroatoms. The van der Waals surface area contributed by atoms with Gasteiger partial charge in [0.15, 0.2) is 0 Å². The van der Waals surface area contributed by atoms with E-state index in [2.05, 4.69) is 15.5 Å². The van der Waals surface area contributed by atoms with Gasteiger partial charge in [0.05, 0.1) is 11.4 Å².